The van der Waals surface area contributed by atoms with Crippen molar-refractivity contribution in [1.29, 1.82) is 0 Å². The third-order valence-corrected chi connectivity index (χ3v) is 4.79. The predicted molar refractivity (Wildman–Crippen MR) is 83.9 cm³/mol. The summed E-state index contributed by atoms with van der Waals surface area (Å²) in [7, 11) is -3.70. The van der Waals surface area contributed by atoms with Gasteiger partial charge in [0.15, 0.2) is 0 Å². The van der Waals surface area contributed by atoms with Crippen LogP contribution in [0.3, 0.4) is 0 Å². The van der Waals surface area contributed by atoms with Gasteiger partial charge in [-0.2, -0.15) is 0 Å². The Labute approximate surface area is 131 Å². The van der Waals surface area contributed by atoms with Gasteiger partial charge in [0.25, 0.3) is 0 Å². The van der Waals surface area contributed by atoms with E-state index >= 15 is 0 Å². The SMILES string of the molecule is CCCCCNC(=O)CNS(=O)(=O)c1ccc(Cl)c(C)c1. The van der Waals surface area contributed by atoms with Gasteiger partial charge < -0.3 is 5.32 Å². The van der Waals surface area contributed by atoms with E-state index in [0.29, 0.717) is 17.1 Å². The lowest BCUT2D eigenvalue weighted by molar-refractivity contribution is -0.119. The highest BCUT2D eigenvalue weighted by Gasteiger charge is 2.16. The minimum absolute atomic E-state index is 0.100. The summed E-state index contributed by atoms with van der Waals surface area (Å²) in [5.74, 6) is -0.333. The molecule has 0 saturated carbocycles. The Balaban J connectivity index is 2.53. The van der Waals surface area contributed by atoms with Gasteiger partial charge in [0.2, 0.25) is 15.9 Å². The summed E-state index contributed by atoms with van der Waals surface area (Å²) in [4.78, 5) is 11.6. The lowest BCUT2D eigenvalue weighted by atomic mass is 10.2. The van der Waals surface area contributed by atoms with E-state index < -0.39 is 10.0 Å². The second-order valence-electron chi connectivity index (χ2n) is 4.79. The minimum atomic E-state index is -3.70. The average Bonchev–Trinajstić information content (AvgIpc) is 2.44. The first-order valence-corrected chi connectivity index (χ1v) is 8.75. The van der Waals surface area contributed by atoms with E-state index in [9.17, 15) is 13.2 Å². The number of nitrogens with one attached hydrogen (secondary N) is 2. The highest BCUT2D eigenvalue weighted by molar-refractivity contribution is 7.89. The number of halogens is 1. The smallest absolute Gasteiger partial charge is 0.241 e. The molecule has 0 aliphatic heterocycles. The molecule has 0 atom stereocenters. The molecule has 0 fully saturated rings. The molecular weight excluding hydrogens is 312 g/mol. The van der Waals surface area contributed by atoms with Gasteiger partial charge in [0, 0.05) is 11.6 Å². The zero-order valence-corrected chi connectivity index (χ0v) is 13.9. The number of carbonyl (C=O) groups excluding carboxylic acids is 1. The molecule has 1 amide bonds. The average molecular weight is 333 g/mol. The van der Waals surface area contributed by atoms with Gasteiger partial charge in [-0.05, 0) is 37.1 Å². The van der Waals surface area contributed by atoms with Gasteiger partial charge in [0.1, 0.15) is 0 Å². The number of benzene rings is 1. The molecule has 5 nitrogen and oxygen atoms in total. The van der Waals surface area contributed by atoms with Crippen molar-refractivity contribution in [3.63, 3.8) is 0 Å². The summed E-state index contributed by atoms with van der Waals surface area (Å²) in [5, 5.41) is 3.18. The normalized spacial score (nSPS) is 11.4. The van der Waals surface area contributed by atoms with E-state index in [4.69, 9.17) is 11.6 Å². The van der Waals surface area contributed by atoms with E-state index in [1.54, 1.807) is 6.92 Å². The van der Waals surface area contributed by atoms with Crippen LogP contribution in [-0.2, 0) is 14.8 Å². The van der Waals surface area contributed by atoms with E-state index in [0.717, 1.165) is 19.3 Å². The molecule has 0 spiro atoms. The maximum absolute atomic E-state index is 12.0. The summed E-state index contributed by atoms with van der Waals surface area (Å²) < 4.78 is 26.4. The molecular formula is C14H21ClN2O3S. The van der Waals surface area contributed by atoms with Crippen molar-refractivity contribution >= 4 is 27.5 Å². The maximum Gasteiger partial charge on any atom is 0.241 e. The fourth-order valence-corrected chi connectivity index (χ4v) is 2.88. The van der Waals surface area contributed by atoms with E-state index in [1.165, 1.54) is 18.2 Å². The Kier molecular flexibility index (Phi) is 7.14. The van der Waals surface area contributed by atoms with Crippen LogP contribution in [0.4, 0.5) is 0 Å². The van der Waals surface area contributed by atoms with Crippen LogP contribution in [0.25, 0.3) is 0 Å². The van der Waals surface area contributed by atoms with Gasteiger partial charge in [-0.25, -0.2) is 13.1 Å². The van der Waals surface area contributed by atoms with Gasteiger partial charge in [0.05, 0.1) is 11.4 Å². The number of carbonyl (C=O) groups is 1. The van der Waals surface area contributed by atoms with E-state index in [1.807, 2.05) is 0 Å². The van der Waals surface area contributed by atoms with Crippen molar-refractivity contribution in [3.8, 4) is 0 Å². The molecule has 0 bridgehead atoms. The molecule has 0 aliphatic carbocycles. The molecule has 0 aromatic heterocycles. The van der Waals surface area contributed by atoms with Crippen LogP contribution in [0.5, 0.6) is 0 Å². The van der Waals surface area contributed by atoms with Crippen molar-refractivity contribution in [3.05, 3.63) is 28.8 Å². The van der Waals surface area contributed by atoms with Crippen molar-refractivity contribution in [2.24, 2.45) is 0 Å². The third kappa shape index (κ3) is 6.03. The molecule has 7 heteroatoms. The minimum Gasteiger partial charge on any atom is -0.355 e. The van der Waals surface area contributed by atoms with Gasteiger partial charge in [-0.3, -0.25) is 4.79 Å². The number of unbranched alkanes of at least 4 members (excludes halogenated alkanes) is 2. The summed E-state index contributed by atoms with van der Waals surface area (Å²) in [6.45, 7) is 4.09. The van der Waals surface area contributed by atoms with Gasteiger partial charge in [-0.1, -0.05) is 31.4 Å². The number of sulfonamides is 1. The summed E-state index contributed by atoms with van der Waals surface area (Å²) in [6.07, 6.45) is 3.00. The highest BCUT2D eigenvalue weighted by Crippen LogP contribution is 2.19. The van der Waals surface area contributed by atoms with Crippen LogP contribution in [0.1, 0.15) is 31.7 Å². The molecule has 0 unspecified atom stereocenters. The van der Waals surface area contributed by atoms with Crippen LogP contribution in [0, 0.1) is 6.92 Å². The standard InChI is InChI=1S/C14H21ClN2O3S/c1-3-4-5-8-16-14(18)10-17-21(19,20)12-6-7-13(15)11(2)9-12/h6-7,9,17H,3-5,8,10H2,1-2H3,(H,16,18). The Hall–Kier alpha value is -1.11. The summed E-state index contributed by atoms with van der Waals surface area (Å²) in [6, 6.07) is 4.41. The van der Waals surface area contributed by atoms with Gasteiger partial charge in [-0.15, -0.1) is 0 Å². The number of hydrogen-bond donors (Lipinski definition) is 2. The van der Waals surface area contributed by atoms with Gasteiger partial charge >= 0.3 is 0 Å². The number of rotatable bonds is 8. The molecule has 0 aliphatic rings. The molecule has 21 heavy (non-hydrogen) atoms. The quantitative estimate of drug-likeness (QED) is 0.717. The maximum atomic E-state index is 12.0. The van der Waals surface area contributed by atoms with Crippen molar-refractivity contribution < 1.29 is 13.2 Å². The van der Waals surface area contributed by atoms with E-state index in [2.05, 4.69) is 17.0 Å². The second kappa shape index (κ2) is 8.36. The first kappa shape index (κ1) is 17.9. The molecule has 0 saturated heterocycles. The van der Waals surface area contributed by atoms with E-state index in [-0.39, 0.29) is 17.3 Å². The largest absolute Gasteiger partial charge is 0.355 e. The molecule has 1 aromatic rings. The molecule has 1 rings (SSSR count). The predicted octanol–water partition coefficient (Wildman–Crippen LogP) is 2.23. The van der Waals surface area contributed by atoms with Crippen molar-refractivity contribution in [1.82, 2.24) is 10.0 Å². The van der Waals surface area contributed by atoms with Crippen LogP contribution in [0.2, 0.25) is 5.02 Å². The Morgan fingerprint density at radius 3 is 2.62 bits per heavy atom. The van der Waals surface area contributed by atoms with Crippen LogP contribution >= 0.6 is 11.6 Å². The highest BCUT2D eigenvalue weighted by atomic mass is 35.5. The number of aryl methyl sites for hydroxylation is 1. The Bertz CT molecular complexity index is 588. The lowest BCUT2D eigenvalue weighted by Gasteiger charge is -2.08. The first-order chi connectivity index (χ1) is 9.86. The van der Waals surface area contributed by atoms with Crippen LogP contribution in [-0.4, -0.2) is 27.4 Å². The first-order valence-electron chi connectivity index (χ1n) is 6.89. The van der Waals surface area contributed by atoms with Crippen LogP contribution < -0.4 is 10.0 Å². The molecule has 0 heterocycles. The number of hydrogen-bond acceptors (Lipinski definition) is 3. The molecule has 1 aromatic carbocycles. The monoisotopic (exact) mass is 332 g/mol. The topological polar surface area (TPSA) is 75.3 Å². The molecule has 118 valence electrons. The fraction of sp³-hybridized carbons (Fsp3) is 0.500. The van der Waals surface area contributed by atoms with Crippen LogP contribution in [0.15, 0.2) is 23.1 Å². The number of amides is 1. The molecule has 0 radical (unpaired) electrons. The zero-order chi connectivity index (χ0) is 15.9. The fourth-order valence-electron chi connectivity index (χ4n) is 1.69. The van der Waals surface area contributed by atoms with Crippen molar-refractivity contribution in [2.75, 3.05) is 13.1 Å². The lowest BCUT2D eigenvalue weighted by Crippen LogP contribution is -2.37. The molecule has 2 N–H and O–H groups in total. The Morgan fingerprint density at radius 2 is 2.00 bits per heavy atom. The third-order valence-electron chi connectivity index (χ3n) is 2.96. The summed E-state index contributed by atoms with van der Waals surface area (Å²) >= 11 is 5.86. The second-order valence-corrected chi connectivity index (χ2v) is 6.97. The summed E-state index contributed by atoms with van der Waals surface area (Å²) in [5.41, 5.74) is 0.670. The zero-order valence-electron chi connectivity index (χ0n) is 12.3. The Morgan fingerprint density at radius 1 is 1.29 bits per heavy atom. The van der Waals surface area contributed by atoms with Crippen molar-refractivity contribution in [2.45, 2.75) is 38.0 Å².